The maximum atomic E-state index is 12.0. The van der Waals surface area contributed by atoms with Gasteiger partial charge in [0.15, 0.2) is 0 Å². The molecular formula is C8H10F3N3O2. The minimum atomic E-state index is -4.86. The van der Waals surface area contributed by atoms with Crippen molar-refractivity contribution in [3.63, 3.8) is 0 Å². The van der Waals surface area contributed by atoms with Crippen molar-refractivity contribution in [1.29, 1.82) is 0 Å². The van der Waals surface area contributed by atoms with Crippen molar-refractivity contribution < 1.29 is 23.0 Å². The average molecular weight is 237 g/mol. The SMILES string of the molecule is NCc1nc(N)cc(OC(F)(F)F)c1CO. The van der Waals surface area contributed by atoms with Crippen LogP contribution in [0, 0.1) is 0 Å². The normalized spacial score (nSPS) is 11.6. The number of pyridine rings is 1. The van der Waals surface area contributed by atoms with Crippen molar-refractivity contribution in [2.75, 3.05) is 5.73 Å². The highest BCUT2D eigenvalue weighted by molar-refractivity contribution is 5.45. The number of aromatic nitrogens is 1. The molecule has 0 atom stereocenters. The van der Waals surface area contributed by atoms with Crippen LogP contribution in [0.1, 0.15) is 11.3 Å². The van der Waals surface area contributed by atoms with Crippen LogP contribution in [0.4, 0.5) is 19.0 Å². The summed E-state index contributed by atoms with van der Waals surface area (Å²) >= 11 is 0. The Morgan fingerprint density at radius 3 is 2.50 bits per heavy atom. The highest BCUT2D eigenvalue weighted by Crippen LogP contribution is 2.29. The van der Waals surface area contributed by atoms with Crippen LogP contribution in [-0.4, -0.2) is 16.5 Å². The minimum absolute atomic E-state index is 0.0711. The van der Waals surface area contributed by atoms with E-state index in [0.29, 0.717) is 0 Å². The van der Waals surface area contributed by atoms with Crippen molar-refractivity contribution in [3.8, 4) is 5.75 Å². The third-order valence-corrected chi connectivity index (χ3v) is 1.77. The molecule has 16 heavy (non-hydrogen) atoms. The third kappa shape index (κ3) is 2.97. The van der Waals surface area contributed by atoms with Crippen LogP contribution >= 0.6 is 0 Å². The summed E-state index contributed by atoms with van der Waals surface area (Å²) in [6.45, 7) is -0.805. The highest BCUT2D eigenvalue weighted by Gasteiger charge is 2.32. The van der Waals surface area contributed by atoms with E-state index < -0.39 is 18.7 Å². The van der Waals surface area contributed by atoms with Crippen LogP contribution in [0.2, 0.25) is 0 Å². The van der Waals surface area contributed by atoms with Crippen LogP contribution in [0.25, 0.3) is 0 Å². The predicted octanol–water partition coefficient (Wildman–Crippen LogP) is 0.513. The summed E-state index contributed by atoms with van der Waals surface area (Å²) in [6.07, 6.45) is -4.86. The zero-order valence-corrected chi connectivity index (χ0v) is 8.08. The molecule has 0 spiro atoms. The molecule has 0 bridgehead atoms. The molecule has 0 aliphatic heterocycles. The summed E-state index contributed by atoms with van der Waals surface area (Å²) < 4.78 is 39.8. The molecule has 0 saturated heterocycles. The summed E-state index contributed by atoms with van der Waals surface area (Å²) in [4.78, 5) is 3.70. The van der Waals surface area contributed by atoms with E-state index in [-0.39, 0.29) is 23.6 Å². The Balaban J connectivity index is 3.20. The van der Waals surface area contributed by atoms with E-state index in [1.165, 1.54) is 0 Å². The number of hydrogen-bond acceptors (Lipinski definition) is 5. The zero-order valence-electron chi connectivity index (χ0n) is 8.08. The first-order valence-electron chi connectivity index (χ1n) is 4.22. The second-order valence-corrected chi connectivity index (χ2v) is 2.88. The molecule has 0 unspecified atom stereocenters. The zero-order chi connectivity index (χ0) is 12.3. The molecule has 1 aromatic heterocycles. The van der Waals surface area contributed by atoms with E-state index >= 15 is 0 Å². The largest absolute Gasteiger partial charge is 0.573 e. The Hall–Kier alpha value is -1.54. The molecule has 0 aromatic carbocycles. The van der Waals surface area contributed by atoms with Gasteiger partial charge in [-0.2, -0.15) is 0 Å². The van der Waals surface area contributed by atoms with Crippen molar-refractivity contribution in [3.05, 3.63) is 17.3 Å². The molecule has 1 aromatic rings. The van der Waals surface area contributed by atoms with Crippen molar-refractivity contribution >= 4 is 5.82 Å². The van der Waals surface area contributed by atoms with Gasteiger partial charge < -0.3 is 21.3 Å². The number of ether oxygens (including phenoxy) is 1. The number of nitrogens with zero attached hydrogens (tertiary/aromatic N) is 1. The molecule has 0 fully saturated rings. The standard InChI is InChI=1S/C8H10F3N3O2/c9-8(10,11)16-6-1-7(13)14-5(2-12)4(6)3-15/h1,15H,2-3,12H2,(H2,13,14). The number of nitrogens with two attached hydrogens (primary N) is 2. The molecule has 1 rings (SSSR count). The lowest BCUT2D eigenvalue weighted by Crippen LogP contribution is -2.20. The second-order valence-electron chi connectivity index (χ2n) is 2.88. The summed E-state index contributed by atoms with van der Waals surface area (Å²) in [5.41, 5.74) is 10.5. The molecule has 8 heteroatoms. The van der Waals surface area contributed by atoms with Crippen LogP contribution < -0.4 is 16.2 Å². The maximum absolute atomic E-state index is 12.0. The Bertz CT molecular complexity index is 382. The quantitative estimate of drug-likeness (QED) is 0.712. The van der Waals surface area contributed by atoms with Gasteiger partial charge in [-0.1, -0.05) is 0 Å². The first-order chi connectivity index (χ1) is 7.37. The lowest BCUT2D eigenvalue weighted by Gasteiger charge is -2.14. The summed E-state index contributed by atoms with van der Waals surface area (Å²) in [5, 5.41) is 8.93. The molecule has 1 heterocycles. The Labute approximate surface area is 88.8 Å². The fraction of sp³-hybridized carbons (Fsp3) is 0.375. The van der Waals surface area contributed by atoms with Gasteiger partial charge in [0, 0.05) is 18.2 Å². The molecule has 0 aliphatic rings. The van der Waals surface area contributed by atoms with Gasteiger partial charge in [0.1, 0.15) is 11.6 Å². The van der Waals surface area contributed by atoms with Gasteiger partial charge in [-0.05, 0) is 0 Å². The second kappa shape index (κ2) is 4.54. The number of anilines is 1. The molecular weight excluding hydrogens is 227 g/mol. The molecule has 5 nitrogen and oxygen atoms in total. The molecule has 0 radical (unpaired) electrons. The Kier molecular flexibility index (Phi) is 3.55. The van der Waals surface area contributed by atoms with E-state index in [1.807, 2.05) is 0 Å². The number of aliphatic hydroxyl groups excluding tert-OH is 1. The van der Waals surface area contributed by atoms with Gasteiger partial charge in [0.2, 0.25) is 0 Å². The maximum Gasteiger partial charge on any atom is 0.573 e. The molecule has 0 aliphatic carbocycles. The van der Waals surface area contributed by atoms with E-state index in [1.54, 1.807) is 0 Å². The fourth-order valence-electron chi connectivity index (χ4n) is 1.17. The third-order valence-electron chi connectivity index (χ3n) is 1.77. The first-order valence-corrected chi connectivity index (χ1v) is 4.22. The van der Waals surface area contributed by atoms with Crippen molar-refractivity contribution in [2.24, 2.45) is 5.73 Å². The van der Waals surface area contributed by atoms with E-state index in [9.17, 15) is 13.2 Å². The lowest BCUT2D eigenvalue weighted by atomic mass is 10.2. The Morgan fingerprint density at radius 2 is 2.06 bits per heavy atom. The van der Waals surface area contributed by atoms with Gasteiger partial charge >= 0.3 is 6.36 Å². The molecule has 0 amide bonds. The van der Waals surface area contributed by atoms with Crippen LogP contribution in [0.3, 0.4) is 0 Å². The first kappa shape index (κ1) is 12.5. The highest BCUT2D eigenvalue weighted by atomic mass is 19.4. The van der Waals surface area contributed by atoms with E-state index in [0.717, 1.165) is 6.07 Å². The number of halogens is 3. The summed E-state index contributed by atoms with van der Waals surface area (Å²) in [7, 11) is 0. The summed E-state index contributed by atoms with van der Waals surface area (Å²) in [6, 6.07) is 0.887. The topological polar surface area (TPSA) is 94.4 Å². The molecule has 5 N–H and O–H groups in total. The monoisotopic (exact) mass is 237 g/mol. The van der Waals surface area contributed by atoms with Crippen molar-refractivity contribution in [1.82, 2.24) is 4.98 Å². The number of hydrogen-bond donors (Lipinski definition) is 3. The van der Waals surface area contributed by atoms with E-state index in [4.69, 9.17) is 16.6 Å². The minimum Gasteiger partial charge on any atom is -0.405 e. The lowest BCUT2D eigenvalue weighted by molar-refractivity contribution is -0.275. The van der Waals surface area contributed by atoms with Crippen molar-refractivity contribution in [2.45, 2.75) is 19.5 Å². The van der Waals surface area contributed by atoms with Gasteiger partial charge in [-0.15, -0.1) is 13.2 Å². The van der Waals surface area contributed by atoms with Crippen LogP contribution in [0.5, 0.6) is 5.75 Å². The van der Waals surface area contributed by atoms with Gasteiger partial charge in [-0.3, -0.25) is 0 Å². The summed E-state index contributed by atoms with van der Waals surface area (Å²) in [5.74, 6) is -0.736. The Morgan fingerprint density at radius 1 is 1.44 bits per heavy atom. The average Bonchev–Trinajstić information content (AvgIpc) is 2.14. The van der Waals surface area contributed by atoms with Gasteiger partial charge in [0.25, 0.3) is 0 Å². The molecule has 90 valence electrons. The van der Waals surface area contributed by atoms with Gasteiger partial charge in [0.05, 0.1) is 12.3 Å². The van der Waals surface area contributed by atoms with Gasteiger partial charge in [-0.25, -0.2) is 4.98 Å². The predicted molar refractivity (Wildman–Crippen MR) is 49.1 cm³/mol. The smallest absolute Gasteiger partial charge is 0.405 e. The number of aliphatic hydroxyl groups is 1. The number of nitrogen functional groups attached to an aromatic ring is 1. The van der Waals surface area contributed by atoms with Crippen LogP contribution in [-0.2, 0) is 13.2 Å². The van der Waals surface area contributed by atoms with E-state index in [2.05, 4.69) is 9.72 Å². The molecule has 0 saturated carbocycles. The number of alkyl halides is 3. The fourth-order valence-corrected chi connectivity index (χ4v) is 1.17. The number of rotatable bonds is 3. The van der Waals surface area contributed by atoms with Crippen LogP contribution in [0.15, 0.2) is 6.07 Å².